The molecular formula is C22H21F4N5O2. The minimum absolute atomic E-state index is 0.0932. The number of ether oxygens (including phenoxy) is 2. The van der Waals surface area contributed by atoms with Crippen molar-refractivity contribution in [2.24, 2.45) is 11.8 Å². The van der Waals surface area contributed by atoms with Crippen LogP contribution in [0.3, 0.4) is 0 Å². The van der Waals surface area contributed by atoms with Crippen molar-refractivity contribution in [2.45, 2.75) is 18.3 Å². The first-order chi connectivity index (χ1) is 15.9. The number of rotatable bonds is 3. The van der Waals surface area contributed by atoms with Crippen LogP contribution < -0.4 is 10.1 Å². The van der Waals surface area contributed by atoms with Gasteiger partial charge in [0.1, 0.15) is 41.7 Å². The first-order valence-electron chi connectivity index (χ1n) is 10.8. The maximum Gasteiger partial charge on any atom is 0.431 e. The fourth-order valence-corrected chi connectivity index (χ4v) is 5.21. The third-order valence-corrected chi connectivity index (χ3v) is 6.87. The summed E-state index contributed by atoms with van der Waals surface area (Å²) in [6, 6.07) is 4.89. The average molecular weight is 463 g/mol. The van der Waals surface area contributed by atoms with Gasteiger partial charge in [-0.15, -0.1) is 0 Å². The van der Waals surface area contributed by atoms with Crippen molar-refractivity contribution >= 4 is 16.9 Å². The number of halogens is 4. The summed E-state index contributed by atoms with van der Waals surface area (Å²) < 4.78 is 65.2. The van der Waals surface area contributed by atoms with Gasteiger partial charge in [0.15, 0.2) is 0 Å². The zero-order valence-electron chi connectivity index (χ0n) is 17.4. The van der Waals surface area contributed by atoms with Crippen molar-refractivity contribution in [3.05, 3.63) is 47.7 Å². The fourth-order valence-electron chi connectivity index (χ4n) is 5.21. The Hall–Kier alpha value is -2.92. The van der Waals surface area contributed by atoms with Gasteiger partial charge in [-0.2, -0.15) is 13.2 Å². The quantitative estimate of drug-likeness (QED) is 0.579. The van der Waals surface area contributed by atoms with Crippen molar-refractivity contribution in [1.29, 1.82) is 0 Å². The highest BCUT2D eigenvalue weighted by Crippen LogP contribution is 2.41. The summed E-state index contributed by atoms with van der Waals surface area (Å²) in [4.78, 5) is 12.8. The molecule has 3 aliphatic rings. The van der Waals surface area contributed by atoms with Gasteiger partial charge in [-0.25, -0.2) is 14.4 Å². The van der Waals surface area contributed by atoms with E-state index in [9.17, 15) is 17.6 Å². The second kappa shape index (κ2) is 7.56. The molecule has 0 amide bonds. The van der Waals surface area contributed by atoms with E-state index in [-0.39, 0.29) is 28.9 Å². The number of alkyl halides is 3. The van der Waals surface area contributed by atoms with Gasteiger partial charge >= 0.3 is 6.18 Å². The number of fused-ring (bicyclic) bond motifs is 3. The maximum absolute atomic E-state index is 13.9. The fraction of sp³-hybridized carbons (Fsp3) is 0.455. The minimum Gasteiger partial charge on any atom is -0.491 e. The van der Waals surface area contributed by atoms with Crippen LogP contribution in [0.4, 0.5) is 23.4 Å². The van der Waals surface area contributed by atoms with E-state index in [0.717, 1.165) is 37.9 Å². The topological polar surface area (TPSA) is 75.3 Å². The van der Waals surface area contributed by atoms with Gasteiger partial charge in [0.2, 0.25) is 0 Å². The number of H-pyrrole nitrogens is 1. The summed E-state index contributed by atoms with van der Waals surface area (Å²) >= 11 is 0. The molecule has 3 aromatic rings. The Morgan fingerprint density at radius 1 is 1.06 bits per heavy atom. The van der Waals surface area contributed by atoms with Gasteiger partial charge in [0.25, 0.3) is 0 Å². The molecule has 1 aromatic carbocycles. The van der Waals surface area contributed by atoms with Crippen LogP contribution in [0, 0.1) is 17.7 Å². The average Bonchev–Trinajstić information content (AvgIpc) is 3.48. The van der Waals surface area contributed by atoms with E-state index in [1.54, 1.807) is 6.07 Å². The Bertz CT molecular complexity index is 1190. The van der Waals surface area contributed by atoms with Crippen LogP contribution in [0.2, 0.25) is 0 Å². The minimum atomic E-state index is -4.53. The van der Waals surface area contributed by atoms with Gasteiger partial charge in [-0.1, -0.05) is 6.07 Å². The number of anilines is 1. The van der Waals surface area contributed by atoms with E-state index >= 15 is 0 Å². The third kappa shape index (κ3) is 3.59. The summed E-state index contributed by atoms with van der Waals surface area (Å²) in [5, 5.41) is 3.58. The summed E-state index contributed by atoms with van der Waals surface area (Å²) in [6.07, 6.45) is -3.31. The number of likely N-dealkylation sites (tertiary alicyclic amines) is 1. The predicted octanol–water partition coefficient (Wildman–Crippen LogP) is 3.61. The lowest BCUT2D eigenvalue weighted by Gasteiger charge is -2.40. The second-order valence-electron chi connectivity index (χ2n) is 8.86. The molecule has 0 bridgehead atoms. The first kappa shape index (κ1) is 20.7. The molecule has 0 saturated carbocycles. The Morgan fingerprint density at radius 2 is 1.85 bits per heavy atom. The Kier molecular flexibility index (Phi) is 4.73. The van der Waals surface area contributed by atoms with Crippen LogP contribution in [0.1, 0.15) is 17.3 Å². The van der Waals surface area contributed by atoms with Crippen molar-refractivity contribution in [3.8, 4) is 5.75 Å². The summed E-state index contributed by atoms with van der Waals surface area (Å²) in [5.41, 5.74) is -0.0608. The lowest BCUT2D eigenvalue weighted by atomic mass is 9.94. The molecule has 2 fully saturated rings. The molecule has 1 unspecified atom stereocenters. The monoisotopic (exact) mass is 463 g/mol. The maximum atomic E-state index is 13.9. The Labute approximate surface area is 186 Å². The zero-order chi connectivity index (χ0) is 22.7. The predicted molar refractivity (Wildman–Crippen MR) is 110 cm³/mol. The highest BCUT2D eigenvalue weighted by Gasteiger charge is 2.44. The highest BCUT2D eigenvalue weighted by atomic mass is 19.4. The molecule has 0 radical (unpaired) electrons. The van der Waals surface area contributed by atoms with Crippen molar-refractivity contribution in [1.82, 2.24) is 19.9 Å². The summed E-state index contributed by atoms with van der Waals surface area (Å²) in [6.45, 7) is 3.46. The van der Waals surface area contributed by atoms with Crippen LogP contribution in [-0.2, 0) is 10.9 Å². The van der Waals surface area contributed by atoms with E-state index in [1.807, 2.05) is 0 Å². The Morgan fingerprint density at radius 3 is 2.61 bits per heavy atom. The molecule has 2 saturated heterocycles. The largest absolute Gasteiger partial charge is 0.491 e. The van der Waals surface area contributed by atoms with Crippen LogP contribution in [0.25, 0.3) is 11.0 Å². The van der Waals surface area contributed by atoms with Gasteiger partial charge in [0.05, 0.1) is 30.7 Å². The molecular weight excluding hydrogens is 442 g/mol. The molecule has 3 aliphatic heterocycles. The second-order valence-corrected chi connectivity index (χ2v) is 8.86. The number of benzene rings is 1. The molecule has 33 heavy (non-hydrogen) atoms. The Balaban J connectivity index is 1.38. The van der Waals surface area contributed by atoms with Crippen LogP contribution in [0.15, 0.2) is 30.6 Å². The van der Waals surface area contributed by atoms with Crippen LogP contribution in [0.5, 0.6) is 5.75 Å². The molecule has 0 aliphatic carbocycles. The van der Waals surface area contributed by atoms with Crippen molar-refractivity contribution in [3.63, 3.8) is 0 Å². The van der Waals surface area contributed by atoms with E-state index in [2.05, 4.69) is 25.2 Å². The number of hydrogen-bond donors (Lipinski definition) is 2. The molecule has 0 spiro atoms. The smallest absolute Gasteiger partial charge is 0.431 e. The highest BCUT2D eigenvalue weighted by molar-refractivity contribution is 5.88. The molecule has 11 heteroatoms. The zero-order valence-corrected chi connectivity index (χ0v) is 17.4. The van der Waals surface area contributed by atoms with Gasteiger partial charge in [-0.3, -0.25) is 4.90 Å². The standard InChI is InChI=1S/C22H21F4N5O2/c23-13-1-2-14-17(3-13)33-9-16(31-5-11-7-32-8-12(11)6-31)19(14)30-21-15-4-18(22(24,25)26)29-20(15)27-10-28-21/h1-4,10-12,16,19H,5-9H2,(H2,27,28,29,30)/t11-,12?,16+,19+/m0/s1. The number of hydrogen-bond acceptors (Lipinski definition) is 6. The first-order valence-corrected chi connectivity index (χ1v) is 10.8. The van der Waals surface area contributed by atoms with E-state index < -0.39 is 17.7 Å². The van der Waals surface area contributed by atoms with E-state index in [1.165, 1.54) is 18.5 Å². The van der Waals surface area contributed by atoms with E-state index in [0.29, 0.717) is 24.2 Å². The van der Waals surface area contributed by atoms with Crippen molar-refractivity contribution < 1.29 is 27.0 Å². The lowest BCUT2D eigenvalue weighted by Crippen LogP contribution is -2.48. The molecule has 6 rings (SSSR count). The molecule has 2 N–H and O–H groups in total. The van der Waals surface area contributed by atoms with Gasteiger partial charge in [0, 0.05) is 36.6 Å². The number of aromatic nitrogens is 3. The number of aromatic amines is 1. The SMILES string of the molecule is Fc1ccc2c(c1)OC[C@@H](N1CC3COC[C@@H]3C1)[C@@H]2Nc1ncnc2[nH]c(C(F)(F)F)cc12. The molecule has 4 atom stereocenters. The van der Waals surface area contributed by atoms with Crippen molar-refractivity contribution in [2.75, 3.05) is 38.2 Å². The van der Waals surface area contributed by atoms with Gasteiger partial charge < -0.3 is 19.8 Å². The third-order valence-electron chi connectivity index (χ3n) is 6.87. The molecule has 2 aromatic heterocycles. The molecule has 174 valence electrons. The lowest BCUT2D eigenvalue weighted by molar-refractivity contribution is -0.140. The van der Waals surface area contributed by atoms with E-state index in [4.69, 9.17) is 9.47 Å². The molecule has 7 nitrogen and oxygen atoms in total. The number of nitrogens with one attached hydrogen (secondary N) is 2. The van der Waals surface area contributed by atoms with Crippen LogP contribution >= 0.6 is 0 Å². The number of nitrogens with zero attached hydrogens (tertiary/aromatic N) is 3. The summed E-state index contributed by atoms with van der Waals surface area (Å²) in [7, 11) is 0. The molecule has 5 heterocycles. The normalized spacial score (nSPS) is 27.4. The van der Waals surface area contributed by atoms with Crippen LogP contribution in [-0.4, -0.2) is 58.8 Å². The van der Waals surface area contributed by atoms with Gasteiger partial charge in [-0.05, 0) is 12.1 Å². The summed E-state index contributed by atoms with van der Waals surface area (Å²) in [5.74, 6) is 1.18.